The normalized spacial score (nSPS) is 17.9. The molecule has 0 fully saturated rings. The Kier molecular flexibility index (Phi) is 3.66. The smallest absolute Gasteiger partial charge is 0.102 e. The zero-order valence-electron chi connectivity index (χ0n) is 11.5. The van der Waals surface area contributed by atoms with Crippen molar-refractivity contribution in [2.45, 2.75) is 0 Å². The van der Waals surface area contributed by atoms with Crippen molar-refractivity contribution in [3.63, 3.8) is 0 Å². The van der Waals surface area contributed by atoms with Crippen LogP contribution in [-0.2, 0) is 0 Å². The first-order valence-electron chi connectivity index (χ1n) is 6.61. The standard InChI is InChI=1S/C18H10ClN3/c19-14-6-4-13(5-7-14)16-11-15(8-9-20)22-10-2-1-3-18(22)17(16)12-21/h1-8,10-11H/b15-8+. The molecule has 3 nitrogen and oxygen atoms in total. The highest BCUT2D eigenvalue weighted by molar-refractivity contribution is 6.30. The molecule has 2 aliphatic rings. The van der Waals surface area contributed by atoms with Gasteiger partial charge in [0, 0.05) is 22.9 Å². The van der Waals surface area contributed by atoms with E-state index in [4.69, 9.17) is 16.9 Å². The van der Waals surface area contributed by atoms with E-state index in [-0.39, 0.29) is 0 Å². The molecule has 0 radical (unpaired) electrons. The van der Waals surface area contributed by atoms with E-state index in [1.165, 1.54) is 6.08 Å². The Bertz CT molecular complexity index is 853. The predicted molar refractivity (Wildman–Crippen MR) is 85.9 cm³/mol. The van der Waals surface area contributed by atoms with Crippen LogP contribution in [-0.4, -0.2) is 4.90 Å². The van der Waals surface area contributed by atoms with Gasteiger partial charge in [0.15, 0.2) is 0 Å². The molecule has 2 heterocycles. The van der Waals surface area contributed by atoms with E-state index in [1.807, 2.05) is 47.5 Å². The van der Waals surface area contributed by atoms with E-state index >= 15 is 0 Å². The van der Waals surface area contributed by atoms with Crippen molar-refractivity contribution in [1.29, 1.82) is 10.5 Å². The van der Waals surface area contributed by atoms with Crippen molar-refractivity contribution in [3.8, 4) is 12.1 Å². The zero-order chi connectivity index (χ0) is 15.5. The van der Waals surface area contributed by atoms with Crippen LogP contribution in [0.4, 0.5) is 0 Å². The third-order valence-electron chi connectivity index (χ3n) is 3.44. The Labute approximate surface area is 133 Å². The number of allylic oxidation sites excluding steroid dienone is 7. The number of hydrogen-bond acceptors (Lipinski definition) is 3. The SMILES string of the molecule is N#C/C=C1\C=C(c2ccc(Cl)cc2)C(C#N)=C2C=CC=CN21. The largest absolute Gasteiger partial charge is 0.315 e. The van der Waals surface area contributed by atoms with Crippen LogP contribution >= 0.6 is 11.6 Å². The summed E-state index contributed by atoms with van der Waals surface area (Å²) >= 11 is 5.93. The van der Waals surface area contributed by atoms with E-state index < -0.39 is 0 Å². The predicted octanol–water partition coefficient (Wildman–Crippen LogP) is 4.31. The third-order valence-corrected chi connectivity index (χ3v) is 3.69. The maximum Gasteiger partial charge on any atom is 0.102 e. The monoisotopic (exact) mass is 303 g/mol. The molecule has 0 aromatic heterocycles. The summed E-state index contributed by atoms with van der Waals surface area (Å²) in [6.07, 6.45) is 10.8. The lowest BCUT2D eigenvalue weighted by Gasteiger charge is -2.30. The summed E-state index contributed by atoms with van der Waals surface area (Å²) in [5.41, 5.74) is 3.73. The molecule has 104 valence electrons. The summed E-state index contributed by atoms with van der Waals surface area (Å²) in [5, 5.41) is 19.2. The Morgan fingerprint density at radius 1 is 1.09 bits per heavy atom. The van der Waals surface area contributed by atoms with Crippen LogP contribution in [0.2, 0.25) is 5.02 Å². The van der Waals surface area contributed by atoms with Gasteiger partial charge >= 0.3 is 0 Å². The fourth-order valence-electron chi connectivity index (χ4n) is 2.45. The van der Waals surface area contributed by atoms with E-state index in [0.29, 0.717) is 10.6 Å². The molecule has 22 heavy (non-hydrogen) atoms. The maximum atomic E-state index is 9.59. The van der Waals surface area contributed by atoms with Gasteiger partial charge in [-0.3, -0.25) is 0 Å². The highest BCUT2D eigenvalue weighted by Crippen LogP contribution is 2.37. The van der Waals surface area contributed by atoms with E-state index in [9.17, 15) is 5.26 Å². The molecule has 0 atom stereocenters. The molecule has 0 spiro atoms. The van der Waals surface area contributed by atoms with E-state index in [2.05, 4.69) is 12.1 Å². The van der Waals surface area contributed by atoms with Crippen LogP contribution in [0.1, 0.15) is 5.56 Å². The second kappa shape index (κ2) is 5.77. The van der Waals surface area contributed by atoms with Gasteiger partial charge in [0.25, 0.3) is 0 Å². The van der Waals surface area contributed by atoms with Gasteiger partial charge < -0.3 is 4.90 Å². The topological polar surface area (TPSA) is 50.8 Å². The Hall–Kier alpha value is -3.01. The molecule has 3 rings (SSSR count). The van der Waals surface area contributed by atoms with Crippen molar-refractivity contribution in [1.82, 2.24) is 4.90 Å². The third kappa shape index (κ3) is 2.35. The van der Waals surface area contributed by atoms with Crippen molar-refractivity contribution in [2.24, 2.45) is 0 Å². The van der Waals surface area contributed by atoms with Gasteiger partial charge in [-0.25, -0.2) is 0 Å². The van der Waals surface area contributed by atoms with E-state index in [1.54, 1.807) is 12.1 Å². The van der Waals surface area contributed by atoms with Crippen LogP contribution in [0.25, 0.3) is 5.57 Å². The molecule has 0 aliphatic carbocycles. The van der Waals surface area contributed by atoms with Crippen molar-refractivity contribution in [3.05, 3.63) is 88.4 Å². The lowest BCUT2D eigenvalue weighted by atomic mass is 9.91. The highest BCUT2D eigenvalue weighted by Gasteiger charge is 2.24. The summed E-state index contributed by atoms with van der Waals surface area (Å²) in [7, 11) is 0. The van der Waals surface area contributed by atoms with Crippen molar-refractivity contribution < 1.29 is 0 Å². The van der Waals surface area contributed by atoms with E-state index in [0.717, 1.165) is 22.5 Å². The second-order valence-electron chi connectivity index (χ2n) is 4.71. The summed E-state index contributed by atoms with van der Waals surface area (Å²) in [6.45, 7) is 0. The van der Waals surface area contributed by atoms with Crippen LogP contribution in [0.3, 0.4) is 0 Å². The van der Waals surface area contributed by atoms with Gasteiger partial charge in [0.05, 0.1) is 23.0 Å². The number of nitriles is 2. The quantitative estimate of drug-likeness (QED) is 0.726. The molecule has 2 aliphatic heterocycles. The molecule has 0 amide bonds. The molecule has 1 aromatic rings. The Morgan fingerprint density at radius 3 is 2.55 bits per heavy atom. The molecule has 0 saturated heterocycles. The number of benzene rings is 1. The van der Waals surface area contributed by atoms with Crippen LogP contribution in [0.5, 0.6) is 0 Å². The van der Waals surface area contributed by atoms with Gasteiger partial charge in [0.1, 0.15) is 6.07 Å². The molecule has 0 bridgehead atoms. The Balaban J connectivity index is 2.21. The molecule has 0 N–H and O–H groups in total. The number of halogens is 1. The maximum absolute atomic E-state index is 9.59. The second-order valence-corrected chi connectivity index (χ2v) is 5.14. The van der Waals surface area contributed by atoms with Crippen molar-refractivity contribution >= 4 is 17.2 Å². The van der Waals surface area contributed by atoms with Gasteiger partial charge in [0.2, 0.25) is 0 Å². The number of fused-ring (bicyclic) bond motifs is 1. The fraction of sp³-hybridized carbons (Fsp3) is 0. The molecule has 0 saturated carbocycles. The first-order valence-corrected chi connectivity index (χ1v) is 6.98. The summed E-state index contributed by atoms with van der Waals surface area (Å²) in [6, 6.07) is 11.6. The van der Waals surface area contributed by atoms with Gasteiger partial charge in [-0.2, -0.15) is 10.5 Å². The lowest BCUT2D eigenvalue weighted by Crippen LogP contribution is -2.21. The minimum absolute atomic E-state index is 0.568. The summed E-state index contributed by atoms with van der Waals surface area (Å²) in [4.78, 5) is 1.83. The van der Waals surface area contributed by atoms with Crippen molar-refractivity contribution in [2.75, 3.05) is 0 Å². The van der Waals surface area contributed by atoms with Crippen LogP contribution < -0.4 is 0 Å². The number of nitrogens with zero attached hydrogens (tertiary/aromatic N) is 3. The molecular formula is C18H10ClN3. The average Bonchev–Trinajstić information content (AvgIpc) is 2.55. The first-order chi connectivity index (χ1) is 10.7. The zero-order valence-corrected chi connectivity index (χ0v) is 12.2. The fourth-order valence-corrected chi connectivity index (χ4v) is 2.58. The highest BCUT2D eigenvalue weighted by atomic mass is 35.5. The number of hydrogen-bond donors (Lipinski definition) is 0. The first kappa shape index (κ1) is 13.9. The van der Waals surface area contributed by atoms with Gasteiger partial charge in [-0.05, 0) is 35.9 Å². The molecular weight excluding hydrogens is 294 g/mol. The number of rotatable bonds is 1. The minimum atomic E-state index is 0.568. The van der Waals surface area contributed by atoms with Gasteiger partial charge in [-0.15, -0.1) is 0 Å². The lowest BCUT2D eigenvalue weighted by molar-refractivity contribution is 0.600. The van der Waals surface area contributed by atoms with Crippen LogP contribution in [0, 0.1) is 22.7 Å². The summed E-state index contributed by atoms with van der Waals surface area (Å²) in [5.74, 6) is 0. The Morgan fingerprint density at radius 2 is 1.86 bits per heavy atom. The molecule has 4 heteroatoms. The van der Waals surface area contributed by atoms with Gasteiger partial charge in [-0.1, -0.05) is 29.8 Å². The molecule has 0 unspecified atom stereocenters. The minimum Gasteiger partial charge on any atom is -0.315 e. The summed E-state index contributed by atoms with van der Waals surface area (Å²) < 4.78 is 0. The molecule has 1 aromatic carbocycles. The average molecular weight is 304 g/mol. The van der Waals surface area contributed by atoms with Crippen LogP contribution in [0.15, 0.2) is 77.8 Å².